The van der Waals surface area contributed by atoms with Crippen LogP contribution in [0, 0.1) is 23.7 Å². The highest BCUT2D eigenvalue weighted by Gasteiger charge is 2.30. The van der Waals surface area contributed by atoms with Crippen LogP contribution in [-0.4, -0.2) is 38.0 Å². The van der Waals surface area contributed by atoms with Crippen LogP contribution in [0.25, 0.3) is 11.1 Å². The normalized spacial score (nSPS) is 22.6. The highest BCUT2D eigenvalue weighted by Crippen LogP contribution is 2.41. The molecule has 0 aromatic heterocycles. The van der Waals surface area contributed by atoms with E-state index in [1.165, 1.54) is 118 Å². The molecule has 2 aromatic carbocycles. The lowest BCUT2D eigenvalue weighted by Gasteiger charge is -2.35. The first-order valence-corrected chi connectivity index (χ1v) is 18.1. The number of benzene rings is 2. The molecule has 2 aliphatic rings. The van der Waals surface area contributed by atoms with E-state index in [9.17, 15) is 4.79 Å². The van der Waals surface area contributed by atoms with Crippen LogP contribution in [0.1, 0.15) is 120 Å². The first kappa shape index (κ1) is 35.4. The molecular formula is C41H60O4. The lowest BCUT2D eigenvalue weighted by atomic mass is 9.72. The second-order valence-corrected chi connectivity index (χ2v) is 14.1. The summed E-state index contributed by atoms with van der Waals surface area (Å²) in [6.07, 6.45) is 19.2. The number of aliphatic hydroxyl groups excluding tert-OH is 1. The van der Waals surface area contributed by atoms with Crippen LogP contribution in [0.2, 0.25) is 0 Å². The summed E-state index contributed by atoms with van der Waals surface area (Å²) in [5.41, 5.74) is 7.39. The van der Waals surface area contributed by atoms with Crippen LogP contribution in [-0.2, 0) is 27.1 Å². The van der Waals surface area contributed by atoms with E-state index >= 15 is 0 Å². The standard InChI is InChI=1S/C41H60O4/c1-5-7-8-9-34-24-25-39(26-33(34)6-2)37-22-20-36(21-23-37)35-16-12-31(13-17-35)10-11-32-14-18-38(19-15-32)40(28-44-4)29-45-41(43)30(3)27-42/h20-26,31-32,35,38,40,42H,3,5-19,27-29H2,1-2,4H3. The Hall–Kier alpha value is -2.43. The van der Waals surface area contributed by atoms with E-state index in [4.69, 9.17) is 14.6 Å². The Bertz CT molecular complexity index is 1170. The molecule has 1 unspecified atom stereocenters. The molecule has 2 aromatic rings. The summed E-state index contributed by atoms with van der Waals surface area (Å²) in [5, 5.41) is 9.12. The Morgan fingerprint density at radius 1 is 0.844 bits per heavy atom. The monoisotopic (exact) mass is 616 g/mol. The average Bonchev–Trinajstić information content (AvgIpc) is 3.09. The van der Waals surface area contributed by atoms with Crippen molar-refractivity contribution in [3.63, 3.8) is 0 Å². The Balaban J connectivity index is 1.18. The number of unbranched alkanes of at least 4 members (excludes halogenated alkanes) is 2. The van der Waals surface area contributed by atoms with Gasteiger partial charge in [0.2, 0.25) is 0 Å². The SMILES string of the molecule is C=C(CO)C(=O)OCC(COC)C1CCC(CCC2CCC(c3ccc(-c4ccc(CCCCC)c(CC)c4)cc3)CC2)CC1. The van der Waals surface area contributed by atoms with Gasteiger partial charge in [-0.2, -0.15) is 0 Å². The minimum Gasteiger partial charge on any atom is -0.462 e. The number of hydrogen-bond acceptors (Lipinski definition) is 4. The smallest absolute Gasteiger partial charge is 0.335 e. The zero-order valence-electron chi connectivity index (χ0n) is 28.5. The molecule has 0 bridgehead atoms. The van der Waals surface area contributed by atoms with E-state index in [0.717, 1.165) is 18.3 Å². The lowest BCUT2D eigenvalue weighted by molar-refractivity contribution is -0.142. The van der Waals surface area contributed by atoms with Crippen molar-refractivity contribution in [2.24, 2.45) is 23.7 Å². The Labute approximate surface area is 274 Å². The summed E-state index contributed by atoms with van der Waals surface area (Å²) in [6, 6.07) is 16.7. The Morgan fingerprint density at radius 2 is 1.49 bits per heavy atom. The van der Waals surface area contributed by atoms with E-state index in [-0.39, 0.29) is 18.1 Å². The highest BCUT2D eigenvalue weighted by atomic mass is 16.5. The first-order valence-electron chi connectivity index (χ1n) is 18.1. The van der Waals surface area contributed by atoms with Crippen molar-refractivity contribution in [3.05, 3.63) is 71.3 Å². The number of methoxy groups -OCH3 is 1. The largest absolute Gasteiger partial charge is 0.462 e. The molecule has 4 heteroatoms. The van der Waals surface area contributed by atoms with Gasteiger partial charge >= 0.3 is 5.97 Å². The number of aliphatic hydroxyl groups is 1. The van der Waals surface area contributed by atoms with Gasteiger partial charge in [0.1, 0.15) is 0 Å². The zero-order valence-corrected chi connectivity index (χ0v) is 28.5. The average molecular weight is 617 g/mol. The summed E-state index contributed by atoms with van der Waals surface area (Å²) in [5.74, 6) is 2.65. The van der Waals surface area contributed by atoms with Crippen LogP contribution in [0.15, 0.2) is 54.6 Å². The van der Waals surface area contributed by atoms with Gasteiger partial charge in [-0.05, 0) is 109 Å². The van der Waals surface area contributed by atoms with Gasteiger partial charge < -0.3 is 14.6 Å². The molecule has 0 spiro atoms. The van der Waals surface area contributed by atoms with Gasteiger partial charge in [-0.15, -0.1) is 0 Å². The maximum absolute atomic E-state index is 12.0. The lowest BCUT2D eigenvalue weighted by Crippen LogP contribution is -2.30. The molecule has 2 saturated carbocycles. The van der Waals surface area contributed by atoms with Gasteiger partial charge in [0, 0.05) is 13.0 Å². The number of carbonyl (C=O) groups excluding carboxylic acids is 1. The molecule has 0 saturated heterocycles. The van der Waals surface area contributed by atoms with Crippen LogP contribution < -0.4 is 0 Å². The van der Waals surface area contributed by atoms with Gasteiger partial charge in [0.15, 0.2) is 0 Å². The van der Waals surface area contributed by atoms with Crippen molar-refractivity contribution >= 4 is 5.97 Å². The second kappa shape index (κ2) is 18.6. The molecule has 4 nitrogen and oxygen atoms in total. The molecule has 2 fully saturated rings. The number of esters is 1. The van der Waals surface area contributed by atoms with Gasteiger partial charge in [-0.25, -0.2) is 4.79 Å². The molecule has 0 amide bonds. The van der Waals surface area contributed by atoms with Crippen molar-refractivity contribution in [1.29, 1.82) is 0 Å². The fourth-order valence-corrected chi connectivity index (χ4v) is 7.98. The number of hydrogen-bond donors (Lipinski definition) is 1. The highest BCUT2D eigenvalue weighted by molar-refractivity contribution is 5.87. The molecule has 1 atom stereocenters. The van der Waals surface area contributed by atoms with E-state index in [1.807, 2.05) is 0 Å². The number of rotatable bonds is 17. The van der Waals surface area contributed by atoms with Crippen LogP contribution >= 0.6 is 0 Å². The molecule has 45 heavy (non-hydrogen) atoms. The molecule has 4 rings (SSSR count). The molecule has 0 radical (unpaired) electrons. The maximum atomic E-state index is 12.0. The fourth-order valence-electron chi connectivity index (χ4n) is 7.98. The summed E-state index contributed by atoms with van der Waals surface area (Å²) < 4.78 is 10.9. The summed E-state index contributed by atoms with van der Waals surface area (Å²) in [7, 11) is 1.72. The van der Waals surface area contributed by atoms with Gasteiger partial charge in [0.05, 0.1) is 25.4 Å². The van der Waals surface area contributed by atoms with E-state index in [0.29, 0.717) is 25.0 Å². The van der Waals surface area contributed by atoms with E-state index in [1.54, 1.807) is 7.11 Å². The fraction of sp³-hybridized carbons (Fsp3) is 0.634. The third-order valence-corrected chi connectivity index (χ3v) is 11.0. The minimum atomic E-state index is -0.497. The Kier molecular flexibility index (Phi) is 14.7. The number of ether oxygens (including phenoxy) is 2. The van der Waals surface area contributed by atoms with Gasteiger partial charge in [0.25, 0.3) is 0 Å². The molecule has 2 aliphatic carbocycles. The molecule has 1 N–H and O–H groups in total. The first-order chi connectivity index (χ1) is 21.9. The van der Waals surface area contributed by atoms with Crippen LogP contribution in [0.5, 0.6) is 0 Å². The molecule has 248 valence electrons. The van der Waals surface area contributed by atoms with Crippen molar-refractivity contribution in [1.82, 2.24) is 0 Å². The minimum absolute atomic E-state index is 0.113. The van der Waals surface area contributed by atoms with Crippen LogP contribution in [0.3, 0.4) is 0 Å². The Morgan fingerprint density at radius 3 is 2.09 bits per heavy atom. The summed E-state index contributed by atoms with van der Waals surface area (Å²) in [6.45, 7) is 8.73. The molecule has 0 heterocycles. The predicted octanol–water partition coefficient (Wildman–Crippen LogP) is 9.86. The van der Waals surface area contributed by atoms with Crippen LogP contribution in [0.4, 0.5) is 0 Å². The van der Waals surface area contributed by atoms with Gasteiger partial charge in [-0.3, -0.25) is 0 Å². The molecular weight excluding hydrogens is 556 g/mol. The van der Waals surface area contributed by atoms with Crippen molar-refractivity contribution in [2.45, 2.75) is 116 Å². The third kappa shape index (κ3) is 10.5. The third-order valence-electron chi connectivity index (χ3n) is 11.0. The zero-order chi connectivity index (χ0) is 32.0. The second-order valence-electron chi connectivity index (χ2n) is 14.1. The quantitative estimate of drug-likeness (QED) is 0.109. The van der Waals surface area contributed by atoms with Crippen molar-refractivity contribution < 1.29 is 19.4 Å². The number of carbonyl (C=O) groups is 1. The molecule has 0 aliphatic heterocycles. The van der Waals surface area contributed by atoms with Gasteiger partial charge in [-0.1, -0.05) is 101 Å². The predicted molar refractivity (Wildman–Crippen MR) is 186 cm³/mol. The number of aryl methyl sites for hydroxylation is 2. The van der Waals surface area contributed by atoms with E-state index in [2.05, 4.69) is 62.9 Å². The summed E-state index contributed by atoms with van der Waals surface area (Å²) >= 11 is 0. The van der Waals surface area contributed by atoms with Crippen molar-refractivity contribution in [3.8, 4) is 11.1 Å². The topological polar surface area (TPSA) is 55.8 Å². The van der Waals surface area contributed by atoms with Crippen molar-refractivity contribution in [2.75, 3.05) is 26.9 Å². The maximum Gasteiger partial charge on any atom is 0.335 e. The van der Waals surface area contributed by atoms with E-state index < -0.39 is 5.97 Å². The summed E-state index contributed by atoms with van der Waals surface area (Å²) in [4.78, 5) is 12.0.